The summed E-state index contributed by atoms with van der Waals surface area (Å²) in [5.41, 5.74) is 6.88. The molecule has 2 atom stereocenters. The van der Waals surface area contributed by atoms with Gasteiger partial charge < -0.3 is 10.9 Å². The lowest BCUT2D eigenvalue weighted by Crippen LogP contribution is -2.38. The van der Waals surface area contributed by atoms with E-state index in [1.54, 1.807) is 0 Å². The summed E-state index contributed by atoms with van der Waals surface area (Å²) in [6, 6.07) is 10.7. The van der Waals surface area contributed by atoms with E-state index < -0.39 is 0 Å². The summed E-state index contributed by atoms with van der Waals surface area (Å²) < 4.78 is 0. The molecule has 1 rings (SSSR count). The second-order valence-electron chi connectivity index (χ2n) is 5.37. The molecule has 0 aliphatic carbocycles. The highest BCUT2D eigenvalue weighted by atomic mass is 16.4. The smallest absolute Gasteiger partial charge is 0.141 e. The van der Waals surface area contributed by atoms with Crippen LogP contribution in [-0.2, 0) is 0 Å². The fourth-order valence-corrected chi connectivity index (χ4v) is 2.17. The summed E-state index contributed by atoms with van der Waals surface area (Å²) in [6.07, 6.45) is 0.522. The predicted octanol–water partition coefficient (Wildman–Crippen LogP) is 2.84. The van der Waals surface area contributed by atoms with Gasteiger partial charge in [-0.1, -0.05) is 49.3 Å². The zero-order valence-electron chi connectivity index (χ0n) is 12.2. The van der Waals surface area contributed by atoms with Crippen LogP contribution in [0.4, 0.5) is 0 Å². The molecule has 19 heavy (non-hydrogen) atoms. The van der Waals surface area contributed by atoms with E-state index in [4.69, 9.17) is 10.9 Å². The van der Waals surface area contributed by atoms with Gasteiger partial charge in [0.2, 0.25) is 0 Å². The minimum Gasteiger partial charge on any atom is -0.409 e. The maximum Gasteiger partial charge on any atom is 0.141 e. The van der Waals surface area contributed by atoms with Crippen LogP contribution >= 0.6 is 0 Å². The lowest BCUT2D eigenvalue weighted by Gasteiger charge is -2.35. The highest BCUT2D eigenvalue weighted by Crippen LogP contribution is 2.26. The Morgan fingerprint density at radius 3 is 2.32 bits per heavy atom. The lowest BCUT2D eigenvalue weighted by molar-refractivity contribution is 0.150. The molecule has 0 saturated heterocycles. The first-order chi connectivity index (χ1) is 8.97. The average Bonchev–Trinajstić information content (AvgIpc) is 2.43. The van der Waals surface area contributed by atoms with Gasteiger partial charge in [0, 0.05) is 18.5 Å². The monoisotopic (exact) mass is 263 g/mol. The molecule has 0 fully saturated rings. The van der Waals surface area contributed by atoms with Crippen molar-refractivity contribution in [1.29, 1.82) is 0 Å². The fraction of sp³-hybridized carbons (Fsp3) is 0.533. The number of rotatable bonds is 6. The highest BCUT2D eigenvalue weighted by Gasteiger charge is 2.24. The van der Waals surface area contributed by atoms with Gasteiger partial charge in [-0.15, -0.1) is 0 Å². The summed E-state index contributed by atoms with van der Waals surface area (Å²) in [7, 11) is 2.09. The molecule has 4 nitrogen and oxygen atoms in total. The van der Waals surface area contributed by atoms with Crippen LogP contribution in [0.15, 0.2) is 35.5 Å². The number of nitrogens with two attached hydrogens (primary N) is 1. The summed E-state index contributed by atoms with van der Waals surface area (Å²) in [6.45, 7) is 6.60. The zero-order chi connectivity index (χ0) is 14.4. The van der Waals surface area contributed by atoms with E-state index in [2.05, 4.69) is 50.0 Å². The molecule has 0 aliphatic heterocycles. The molecule has 0 aliphatic rings. The van der Waals surface area contributed by atoms with Gasteiger partial charge in [0.15, 0.2) is 0 Å². The van der Waals surface area contributed by atoms with Crippen molar-refractivity contribution < 1.29 is 5.21 Å². The number of hydrogen-bond donors (Lipinski definition) is 2. The molecule has 4 heteroatoms. The van der Waals surface area contributed by atoms with Crippen LogP contribution in [0, 0.1) is 5.92 Å². The topological polar surface area (TPSA) is 61.8 Å². The minimum absolute atomic E-state index is 0.120. The molecule has 0 spiro atoms. The van der Waals surface area contributed by atoms with E-state index in [0.717, 1.165) is 0 Å². The first-order valence-corrected chi connectivity index (χ1v) is 6.70. The molecule has 0 aromatic heterocycles. The molecule has 2 unspecified atom stereocenters. The predicted molar refractivity (Wildman–Crippen MR) is 79.3 cm³/mol. The largest absolute Gasteiger partial charge is 0.409 e. The molecule has 0 heterocycles. The Bertz CT molecular complexity index is 403. The van der Waals surface area contributed by atoms with Crippen molar-refractivity contribution in [3.63, 3.8) is 0 Å². The molecule has 3 N–H and O–H groups in total. The van der Waals surface area contributed by atoms with Gasteiger partial charge >= 0.3 is 0 Å². The zero-order valence-corrected chi connectivity index (χ0v) is 12.2. The maximum absolute atomic E-state index is 8.80. The molecule has 0 saturated carbocycles. The van der Waals surface area contributed by atoms with E-state index in [9.17, 15) is 0 Å². The van der Waals surface area contributed by atoms with Crippen LogP contribution in [0.25, 0.3) is 0 Å². The molecule has 1 aromatic rings. The number of oxime groups is 1. The van der Waals surface area contributed by atoms with Gasteiger partial charge in [-0.25, -0.2) is 0 Å². The molecule has 106 valence electrons. The quantitative estimate of drug-likeness (QED) is 0.359. The lowest BCUT2D eigenvalue weighted by atomic mass is 9.97. The van der Waals surface area contributed by atoms with Crippen molar-refractivity contribution in [3.05, 3.63) is 35.9 Å². The normalized spacial score (nSPS) is 15.8. The summed E-state index contributed by atoms with van der Waals surface area (Å²) in [5.74, 6) is 0.806. The van der Waals surface area contributed by atoms with Gasteiger partial charge in [-0.3, -0.25) is 4.90 Å². The van der Waals surface area contributed by atoms with Gasteiger partial charge in [0.1, 0.15) is 5.84 Å². The molecule has 0 bridgehead atoms. The number of benzene rings is 1. The van der Waals surface area contributed by atoms with Crippen molar-refractivity contribution in [1.82, 2.24) is 4.90 Å². The van der Waals surface area contributed by atoms with E-state index in [1.807, 2.05) is 18.2 Å². The average molecular weight is 263 g/mol. The summed E-state index contributed by atoms with van der Waals surface area (Å²) in [4.78, 5) is 2.29. The summed E-state index contributed by atoms with van der Waals surface area (Å²) >= 11 is 0. The Hall–Kier alpha value is -1.55. The second kappa shape index (κ2) is 7.14. The Balaban J connectivity index is 2.99. The molecule has 1 aromatic carbocycles. The third-order valence-electron chi connectivity index (χ3n) is 3.81. The Labute approximate surface area is 115 Å². The molecular weight excluding hydrogens is 238 g/mol. The van der Waals surface area contributed by atoms with Crippen LogP contribution < -0.4 is 5.73 Å². The van der Waals surface area contributed by atoms with Crippen molar-refractivity contribution >= 4 is 5.84 Å². The van der Waals surface area contributed by atoms with E-state index >= 15 is 0 Å². The van der Waals surface area contributed by atoms with Crippen molar-refractivity contribution in [2.45, 2.75) is 39.3 Å². The van der Waals surface area contributed by atoms with Gasteiger partial charge in [-0.2, -0.15) is 0 Å². The highest BCUT2D eigenvalue weighted by molar-refractivity contribution is 5.80. The van der Waals surface area contributed by atoms with Crippen molar-refractivity contribution in [2.24, 2.45) is 16.8 Å². The van der Waals surface area contributed by atoms with E-state index in [-0.39, 0.29) is 11.9 Å². The van der Waals surface area contributed by atoms with Gasteiger partial charge in [0.25, 0.3) is 0 Å². The maximum atomic E-state index is 8.80. The number of nitrogens with zero attached hydrogens (tertiary/aromatic N) is 2. The first-order valence-electron chi connectivity index (χ1n) is 6.70. The standard InChI is InChI=1S/C15H25N3O/c1-11(2)12(3)18(4)14(10-15(16)17-19)13-8-6-5-7-9-13/h5-9,11-12,14,19H,10H2,1-4H3,(H2,16,17). The molecule has 0 radical (unpaired) electrons. The van der Waals surface area contributed by atoms with Gasteiger partial charge in [-0.05, 0) is 25.5 Å². The van der Waals surface area contributed by atoms with E-state index in [0.29, 0.717) is 18.4 Å². The van der Waals surface area contributed by atoms with Gasteiger partial charge in [0.05, 0.1) is 0 Å². The van der Waals surface area contributed by atoms with Crippen LogP contribution in [0.2, 0.25) is 0 Å². The van der Waals surface area contributed by atoms with Crippen molar-refractivity contribution in [2.75, 3.05) is 7.05 Å². The number of amidine groups is 1. The van der Waals surface area contributed by atoms with Crippen LogP contribution in [-0.4, -0.2) is 29.0 Å². The number of hydrogen-bond acceptors (Lipinski definition) is 3. The first kappa shape index (κ1) is 15.5. The van der Waals surface area contributed by atoms with Crippen LogP contribution in [0.3, 0.4) is 0 Å². The third kappa shape index (κ3) is 4.24. The third-order valence-corrected chi connectivity index (χ3v) is 3.81. The Kier molecular flexibility index (Phi) is 5.83. The second-order valence-corrected chi connectivity index (χ2v) is 5.37. The summed E-state index contributed by atoms with van der Waals surface area (Å²) in [5, 5.41) is 11.9. The van der Waals surface area contributed by atoms with Crippen LogP contribution in [0.1, 0.15) is 38.8 Å². The minimum atomic E-state index is 0.120. The molecule has 0 amide bonds. The Morgan fingerprint density at radius 1 is 1.26 bits per heavy atom. The van der Waals surface area contributed by atoms with E-state index in [1.165, 1.54) is 5.56 Å². The molecular formula is C15H25N3O. The Morgan fingerprint density at radius 2 is 1.84 bits per heavy atom. The SMILES string of the molecule is CC(C)C(C)N(C)C(CC(N)=NO)c1ccccc1. The fourth-order valence-electron chi connectivity index (χ4n) is 2.17. The van der Waals surface area contributed by atoms with Crippen LogP contribution in [0.5, 0.6) is 0 Å². The van der Waals surface area contributed by atoms with Crippen molar-refractivity contribution in [3.8, 4) is 0 Å².